The Morgan fingerprint density at radius 3 is 2.33 bits per heavy atom. The van der Waals surface area contributed by atoms with Gasteiger partial charge in [0, 0.05) is 13.5 Å². The van der Waals surface area contributed by atoms with Crippen molar-refractivity contribution in [3.05, 3.63) is 0 Å². The minimum Gasteiger partial charge on any atom is -0.426 e. The molecular weight excluding hydrogens is 313 g/mol. The van der Waals surface area contributed by atoms with Gasteiger partial charge in [-0.05, 0) is 32.1 Å². The van der Waals surface area contributed by atoms with Crippen LogP contribution < -0.4 is 10.6 Å². The minimum absolute atomic E-state index is 0.162. The van der Waals surface area contributed by atoms with Crippen LogP contribution in [0.15, 0.2) is 0 Å². The topological polar surface area (TPSA) is 119 Å². The minimum atomic E-state index is -1.66. The Labute approximate surface area is 143 Å². The Balaban J connectivity index is 2.59. The van der Waals surface area contributed by atoms with E-state index in [0.717, 1.165) is 6.42 Å². The lowest BCUT2D eigenvalue weighted by atomic mass is 9.75. The van der Waals surface area contributed by atoms with Gasteiger partial charge in [0.05, 0.1) is 5.94 Å². The van der Waals surface area contributed by atoms with Crippen LogP contribution in [0, 0.1) is 5.92 Å². The molecule has 1 heterocycles. The summed E-state index contributed by atoms with van der Waals surface area (Å²) < 4.78 is 0. The molecule has 8 nitrogen and oxygen atoms in total. The molecule has 0 radical (unpaired) electrons. The van der Waals surface area contributed by atoms with E-state index in [-0.39, 0.29) is 17.7 Å². The number of nitrogens with one attached hydrogen (secondary N) is 2. The first-order chi connectivity index (χ1) is 11.1. The van der Waals surface area contributed by atoms with Gasteiger partial charge < -0.3 is 25.6 Å². The van der Waals surface area contributed by atoms with Crippen LogP contribution in [-0.4, -0.2) is 64.4 Å². The lowest BCUT2D eigenvalue weighted by Gasteiger charge is -2.25. The Morgan fingerprint density at radius 1 is 1.21 bits per heavy atom. The second-order valence-corrected chi connectivity index (χ2v) is 6.76. The molecule has 1 fully saturated rings. The molecular formula is C15H28BN3O5. The third-order valence-corrected chi connectivity index (χ3v) is 4.12. The quantitative estimate of drug-likeness (QED) is 0.445. The second-order valence-electron chi connectivity index (χ2n) is 6.76. The van der Waals surface area contributed by atoms with Crippen molar-refractivity contribution in [2.24, 2.45) is 5.92 Å². The summed E-state index contributed by atoms with van der Waals surface area (Å²) in [4.78, 5) is 37.5. The lowest BCUT2D eigenvalue weighted by molar-refractivity contribution is -0.138. The molecule has 0 spiro atoms. The molecule has 136 valence electrons. The normalized spacial score (nSPS) is 19.8. The van der Waals surface area contributed by atoms with Crippen molar-refractivity contribution in [2.45, 2.75) is 65.0 Å². The molecule has 0 saturated carbocycles. The second kappa shape index (κ2) is 9.03. The fraction of sp³-hybridized carbons (Fsp3) is 0.800. The highest BCUT2D eigenvalue weighted by atomic mass is 16.4. The Bertz CT molecular complexity index is 472. The smallest absolute Gasteiger partial charge is 0.426 e. The summed E-state index contributed by atoms with van der Waals surface area (Å²) in [5.41, 5.74) is 0. The maximum atomic E-state index is 12.3. The summed E-state index contributed by atoms with van der Waals surface area (Å²) in [7, 11) is -1.66. The number of likely N-dealkylation sites (tertiary alicyclic amines) is 1. The number of nitrogens with zero attached hydrogens (tertiary/aromatic N) is 1. The molecule has 1 saturated heterocycles. The van der Waals surface area contributed by atoms with E-state index in [0.29, 0.717) is 19.4 Å². The zero-order valence-corrected chi connectivity index (χ0v) is 14.8. The van der Waals surface area contributed by atoms with Crippen molar-refractivity contribution in [1.82, 2.24) is 15.5 Å². The zero-order chi connectivity index (χ0) is 18.4. The van der Waals surface area contributed by atoms with Crippen molar-refractivity contribution in [2.75, 3.05) is 6.54 Å². The van der Waals surface area contributed by atoms with Crippen molar-refractivity contribution in [3.8, 4) is 0 Å². The lowest BCUT2D eigenvalue weighted by Crippen LogP contribution is -2.55. The molecule has 0 unspecified atom stereocenters. The van der Waals surface area contributed by atoms with E-state index < -0.39 is 31.1 Å². The summed E-state index contributed by atoms with van der Waals surface area (Å²) >= 11 is 0. The van der Waals surface area contributed by atoms with E-state index in [1.54, 1.807) is 0 Å². The summed E-state index contributed by atoms with van der Waals surface area (Å²) in [5.74, 6) is -1.64. The fourth-order valence-electron chi connectivity index (χ4n) is 2.86. The molecule has 0 aromatic heterocycles. The van der Waals surface area contributed by atoms with Crippen molar-refractivity contribution in [3.63, 3.8) is 0 Å². The summed E-state index contributed by atoms with van der Waals surface area (Å²) in [6.07, 6.45) is 1.74. The molecule has 9 heteroatoms. The molecule has 3 amide bonds. The molecule has 1 aliphatic rings. The van der Waals surface area contributed by atoms with Gasteiger partial charge in [0.15, 0.2) is 0 Å². The van der Waals surface area contributed by atoms with E-state index in [1.807, 2.05) is 13.8 Å². The Kier molecular flexibility index (Phi) is 7.69. The van der Waals surface area contributed by atoms with Gasteiger partial charge >= 0.3 is 7.12 Å². The first-order valence-corrected chi connectivity index (χ1v) is 8.37. The van der Waals surface area contributed by atoms with Gasteiger partial charge in [-0.25, -0.2) is 0 Å². The van der Waals surface area contributed by atoms with Gasteiger partial charge in [0.2, 0.25) is 17.7 Å². The monoisotopic (exact) mass is 341 g/mol. The third-order valence-electron chi connectivity index (χ3n) is 4.12. The van der Waals surface area contributed by atoms with E-state index in [2.05, 4.69) is 10.6 Å². The van der Waals surface area contributed by atoms with Crippen LogP contribution >= 0.6 is 0 Å². The largest absolute Gasteiger partial charge is 0.475 e. The molecule has 1 aliphatic heterocycles. The average molecular weight is 341 g/mol. The Morgan fingerprint density at radius 2 is 1.83 bits per heavy atom. The SMILES string of the molecule is CC(=O)N1CCC[C@H]1C(=O)N[C@@H](C)C(=O)N[C@@H](CC(C)C)B(O)O. The predicted octanol–water partition coefficient (Wildman–Crippen LogP) is -0.955. The van der Waals surface area contributed by atoms with E-state index >= 15 is 0 Å². The van der Waals surface area contributed by atoms with Crippen molar-refractivity contribution < 1.29 is 24.4 Å². The summed E-state index contributed by atoms with van der Waals surface area (Å²) in [5, 5.41) is 23.8. The molecule has 0 aliphatic carbocycles. The predicted molar refractivity (Wildman–Crippen MR) is 89.6 cm³/mol. The van der Waals surface area contributed by atoms with Crippen LogP contribution in [0.2, 0.25) is 0 Å². The number of hydrogen-bond donors (Lipinski definition) is 4. The molecule has 0 aromatic rings. The Hall–Kier alpha value is -1.61. The molecule has 0 bridgehead atoms. The first kappa shape index (κ1) is 20.4. The van der Waals surface area contributed by atoms with Gasteiger partial charge in [-0.15, -0.1) is 0 Å². The number of carbonyl (C=O) groups is 3. The highest BCUT2D eigenvalue weighted by Crippen LogP contribution is 2.17. The fourth-order valence-corrected chi connectivity index (χ4v) is 2.86. The van der Waals surface area contributed by atoms with Crippen LogP contribution in [-0.2, 0) is 14.4 Å². The van der Waals surface area contributed by atoms with Crippen LogP contribution in [0.25, 0.3) is 0 Å². The van der Waals surface area contributed by atoms with Crippen molar-refractivity contribution in [1.29, 1.82) is 0 Å². The summed E-state index contributed by atoms with van der Waals surface area (Å²) in [6.45, 7) is 7.30. The zero-order valence-electron chi connectivity index (χ0n) is 14.8. The van der Waals surface area contributed by atoms with Gasteiger partial charge in [0.25, 0.3) is 0 Å². The molecule has 4 N–H and O–H groups in total. The standard InChI is InChI=1S/C15H28BN3O5/c1-9(2)8-13(16(23)24)18-14(21)10(3)17-15(22)12-6-5-7-19(12)11(4)20/h9-10,12-13,23-24H,5-8H2,1-4H3,(H,17,22)(H,18,21)/t10-,12-,13-/m0/s1. The van der Waals surface area contributed by atoms with Crippen LogP contribution in [0.5, 0.6) is 0 Å². The van der Waals surface area contributed by atoms with Crippen LogP contribution in [0.3, 0.4) is 0 Å². The van der Waals surface area contributed by atoms with Gasteiger partial charge in [-0.3, -0.25) is 14.4 Å². The van der Waals surface area contributed by atoms with Crippen LogP contribution in [0.4, 0.5) is 0 Å². The molecule has 1 rings (SSSR count). The van der Waals surface area contributed by atoms with E-state index in [4.69, 9.17) is 0 Å². The maximum absolute atomic E-state index is 12.3. The molecule has 3 atom stereocenters. The maximum Gasteiger partial charge on any atom is 0.475 e. The highest BCUT2D eigenvalue weighted by Gasteiger charge is 2.34. The van der Waals surface area contributed by atoms with Gasteiger partial charge in [-0.1, -0.05) is 13.8 Å². The van der Waals surface area contributed by atoms with E-state index in [1.165, 1.54) is 18.7 Å². The number of hydrogen-bond acceptors (Lipinski definition) is 5. The van der Waals surface area contributed by atoms with Gasteiger partial charge in [0.1, 0.15) is 12.1 Å². The number of rotatable bonds is 7. The van der Waals surface area contributed by atoms with Crippen LogP contribution in [0.1, 0.15) is 47.0 Å². The highest BCUT2D eigenvalue weighted by molar-refractivity contribution is 6.43. The van der Waals surface area contributed by atoms with E-state index in [9.17, 15) is 24.4 Å². The molecule has 24 heavy (non-hydrogen) atoms. The number of carbonyl (C=O) groups excluding carboxylic acids is 3. The molecule has 0 aromatic carbocycles. The summed E-state index contributed by atoms with van der Waals surface area (Å²) in [6, 6.07) is -1.38. The third kappa shape index (κ3) is 5.79. The number of amides is 3. The first-order valence-electron chi connectivity index (χ1n) is 8.37. The average Bonchev–Trinajstić information content (AvgIpc) is 2.95. The van der Waals surface area contributed by atoms with Crippen molar-refractivity contribution >= 4 is 24.8 Å². The van der Waals surface area contributed by atoms with Gasteiger partial charge in [-0.2, -0.15) is 0 Å².